The van der Waals surface area contributed by atoms with Crippen LogP contribution in [0.5, 0.6) is 0 Å². The van der Waals surface area contributed by atoms with Crippen LogP contribution in [0.15, 0.2) is 24.3 Å². The molecule has 1 aromatic heterocycles. The van der Waals surface area contributed by atoms with E-state index in [0.29, 0.717) is 10.0 Å². The lowest BCUT2D eigenvalue weighted by molar-refractivity contribution is 1.11. The van der Waals surface area contributed by atoms with Crippen LogP contribution in [0.3, 0.4) is 0 Å². The van der Waals surface area contributed by atoms with Gasteiger partial charge in [0.1, 0.15) is 4.99 Å². The highest BCUT2D eigenvalue weighted by Crippen LogP contribution is 2.27. The average molecular weight is 306 g/mol. The maximum Gasteiger partial charge on any atom is 0.107 e. The Balaban J connectivity index is 2.50. The molecule has 104 valence electrons. The number of hydrogen-bond acceptors (Lipinski definition) is 3. The van der Waals surface area contributed by atoms with Crippen molar-refractivity contribution in [2.45, 2.75) is 20.8 Å². The number of nitrogens with one attached hydrogen (secondary N) is 1. The summed E-state index contributed by atoms with van der Waals surface area (Å²) in [5, 5.41) is 4.08. The summed E-state index contributed by atoms with van der Waals surface area (Å²) in [6.07, 6.45) is 0. The Morgan fingerprint density at radius 1 is 1.20 bits per heavy atom. The molecule has 3 nitrogen and oxygen atoms in total. The maximum absolute atomic E-state index is 5.97. The van der Waals surface area contributed by atoms with Crippen molar-refractivity contribution in [2.75, 3.05) is 5.32 Å². The molecule has 0 saturated carbocycles. The van der Waals surface area contributed by atoms with Gasteiger partial charge in [-0.3, -0.25) is 4.98 Å². The predicted molar refractivity (Wildman–Crippen MR) is 89.1 cm³/mol. The van der Waals surface area contributed by atoms with Crippen LogP contribution in [-0.2, 0) is 0 Å². The number of aryl methyl sites for hydroxylation is 3. The fourth-order valence-corrected chi connectivity index (χ4v) is 2.64. The zero-order valence-electron chi connectivity index (χ0n) is 11.6. The van der Waals surface area contributed by atoms with Crippen molar-refractivity contribution < 1.29 is 0 Å². The van der Waals surface area contributed by atoms with E-state index in [1.807, 2.05) is 45.0 Å². The minimum absolute atomic E-state index is 0.337. The highest BCUT2D eigenvalue weighted by atomic mass is 35.5. The highest BCUT2D eigenvalue weighted by Gasteiger charge is 2.12. The number of aromatic nitrogens is 1. The second kappa shape index (κ2) is 5.77. The van der Waals surface area contributed by atoms with Gasteiger partial charge < -0.3 is 11.1 Å². The molecule has 0 fully saturated rings. The summed E-state index contributed by atoms with van der Waals surface area (Å²) < 4.78 is 0. The number of hydrogen-bond donors (Lipinski definition) is 2. The van der Waals surface area contributed by atoms with E-state index in [2.05, 4.69) is 10.3 Å². The third-order valence-electron chi connectivity index (χ3n) is 3.03. The van der Waals surface area contributed by atoms with E-state index in [1.165, 1.54) is 0 Å². The number of anilines is 2. The molecule has 0 bridgehead atoms. The summed E-state index contributed by atoms with van der Waals surface area (Å²) in [5.41, 5.74) is 11.2. The van der Waals surface area contributed by atoms with Gasteiger partial charge >= 0.3 is 0 Å². The number of thiocarbonyl (C=S) groups is 1. The SMILES string of the molecule is Cc1cc(Nc2ccc(Cl)cc2C)c(C(N)=S)c(C)n1. The molecule has 0 amide bonds. The fourth-order valence-electron chi connectivity index (χ4n) is 2.15. The highest BCUT2D eigenvalue weighted by molar-refractivity contribution is 7.80. The van der Waals surface area contributed by atoms with Crippen LogP contribution in [0.25, 0.3) is 0 Å². The Labute approximate surface area is 129 Å². The van der Waals surface area contributed by atoms with Gasteiger partial charge in [0.2, 0.25) is 0 Å². The van der Waals surface area contributed by atoms with Crippen LogP contribution < -0.4 is 11.1 Å². The molecule has 0 radical (unpaired) electrons. The normalized spacial score (nSPS) is 10.4. The molecule has 20 heavy (non-hydrogen) atoms. The lowest BCUT2D eigenvalue weighted by Gasteiger charge is -2.16. The Bertz CT molecular complexity index is 683. The summed E-state index contributed by atoms with van der Waals surface area (Å²) in [6.45, 7) is 5.84. The quantitative estimate of drug-likeness (QED) is 0.840. The van der Waals surface area contributed by atoms with Crippen molar-refractivity contribution in [3.8, 4) is 0 Å². The van der Waals surface area contributed by atoms with Crippen LogP contribution in [0, 0.1) is 20.8 Å². The molecule has 3 N–H and O–H groups in total. The van der Waals surface area contributed by atoms with E-state index >= 15 is 0 Å². The molecule has 2 rings (SSSR count). The van der Waals surface area contributed by atoms with E-state index in [1.54, 1.807) is 0 Å². The first kappa shape index (κ1) is 14.8. The van der Waals surface area contributed by atoms with Crippen molar-refractivity contribution in [3.05, 3.63) is 51.8 Å². The summed E-state index contributed by atoms with van der Waals surface area (Å²) in [5.74, 6) is 0. The topological polar surface area (TPSA) is 50.9 Å². The third kappa shape index (κ3) is 3.08. The van der Waals surface area contributed by atoms with Gasteiger partial charge in [0.05, 0.1) is 11.3 Å². The van der Waals surface area contributed by atoms with Crippen molar-refractivity contribution in [1.82, 2.24) is 4.98 Å². The zero-order valence-corrected chi connectivity index (χ0v) is 13.2. The minimum atomic E-state index is 0.337. The number of nitrogens with zero attached hydrogens (tertiary/aromatic N) is 1. The molecule has 0 saturated heterocycles. The van der Waals surface area contributed by atoms with Crippen LogP contribution in [0.2, 0.25) is 5.02 Å². The molecule has 2 aromatic rings. The van der Waals surface area contributed by atoms with Crippen molar-refractivity contribution >= 4 is 40.2 Å². The van der Waals surface area contributed by atoms with Gasteiger partial charge in [0.25, 0.3) is 0 Å². The van der Waals surface area contributed by atoms with Gasteiger partial charge in [0, 0.05) is 22.1 Å². The summed E-state index contributed by atoms with van der Waals surface area (Å²) in [7, 11) is 0. The van der Waals surface area contributed by atoms with Crippen LogP contribution in [0.1, 0.15) is 22.5 Å². The summed E-state index contributed by atoms with van der Waals surface area (Å²) in [4.78, 5) is 4.74. The molecule has 0 spiro atoms. The van der Waals surface area contributed by atoms with Gasteiger partial charge in [-0.15, -0.1) is 0 Å². The van der Waals surface area contributed by atoms with Gasteiger partial charge in [0.15, 0.2) is 0 Å². The first-order chi connectivity index (χ1) is 9.38. The second-order valence-corrected chi connectivity index (χ2v) is 5.60. The Morgan fingerprint density at radius 3 is 2.50 bits per heavy atom. The second-order valence-electron chi connectivity index (χ2n) is 4.72. The third-order valence-corrected chi connectivity index (χ3v) is 3.47. The Morgan fingerprint density at radius 2 is 1.90 bits per heavy atom. The lowest BCUT2D eigenvalue weighted by atomic mass is 10.1. The largest absolute Gasteiger partial charge is 0.389 e. The number of pyridine rings is 1. The zero-order chi connectivity index (χ0) is 14.9. The van der Waals surface area contributed by atoms with Gasteiger partial charge in [-0.25, -0.2) is 0 Å². The number of rotatable bonds is 3. The molecule has 0 aliphatic heterocycles. The summed E-state index contributed by atoms with van der Waals surface area (Å²) >= 11 is 11.1. The van der Waals surface area contributed by atoms with Gasteiger partial charge in [-0.05, 0) is 50.6 Å². The van der Waals surface area contributed by atoms with Gasteiger partial charge in [-0.1, -0.05) is 23.8 Å². The average Bonchev–Trinajstić information content (AvgIpc) is 2.31. The Hall–Kier alpha value is -1.65. The Kier molecular flexibility index (Phi) is 4.26. The molecule has 0 aliphatic carbocycles. The van der Waals surface area contributed by atoms with E-state index in [-0.39, 0.29) is 0 Å². The number of halogens is 1. The monoisotopic (exact) mass is 305 g/mol. The van der Waals surface area contributed by atoms with Crippen LogP contribution in [-0.4, -0.2) is 9.97 Å². The standard InChI is InChI=1S/C15H16ClN3S/c1-8-6-11(16)4-5-12(8)19-13-7-9(2)18-10(3)14(13)15(17)20/h4-7H,1-3H3,(H2,17,20)(H,18,19). The molecule has 0 aliphatic rings. The van der Waals surface area contributed by atoms with Crippen molar-refractivity contribution in [1.29, 1.82) is 0 Å². The first-order valence-corrected chi connectivity index (χ1v) is 6.98. The maximum atomic E-state index is 5.97. The van der Waals surface area contributed by atoms with E-state index in [4.69, 9.17) is 29.6 Å². The van der Waals surface area contributed by atoms with E-state index < -0.39 is 0 Å². The molecule has 0 unspecified atom stereocenters. The molecule has 5 heteroatoms. The molecule has 1 heterocycles. The first-order valence-electron chi connectivity index (χ1n) is 6.19. The minimum Gasteiger partial charge on any atom is -0.389 e. The van der Waals surface area contributed by atoms with E-state index in [0.717, 1.165) is 33.9 Å². The molecule has 0 atom stereocenters. The summed E-state index contributed by atoms with van der Waals surface area (Å²) in [6, 6.07) is 7.63. The van der Waals surface area contributed by atoms with E-state index in [9.17, 15) is 0 Å². The number of benzene rings is 1. The smallest absolute Gasteiger partial charge is 0.107 e. The fraction of sp³-hybridized carbons (Fsp3) is 0.200. The van der Waals surface area contributed by atoms with Crippen molar-refractivity contribution in [2.24, 2.45) is 5.73 Å². The van der Waals surface area contributed by atoms with Crippen LogP contribution in [0.4, 0.5) is 11.4 Å². The lowest BCUT2D eigenvalue weighted by Crippen LogP contribution is -2.15. The molecule has 1 aromatic carbocycles. The molecular weight excluding hydrogens is 290 g/mol. The predicted octanol–water partition coefficient (Wildman–Crippen LogP) is 4.04. The molecular formula is C15H16ClN3S. The van der Waals surface area contributed by atoms with Crippen molar-refractivity contribution in [3.63, 3.8) is 0 Å². The van der Waals surface area contributed by atoms with Gasteiger partial charge in [-0.2, -0.15) is 0 Å². The number of nitrogens with two attached hydrogens (primary N) is 1. The van der Waals surface area contributed by atoms with Crippen LogP contribution >= 0.6 is 23.8 Å².